The van der Waals surface area contributed by atoms with Gasteiger partial charge in [0.2, 0.25) is 0 Å². The van der Waals surface area contributed by atoms with E-state index in [1.54, 1.807) is 0 Å². The molecule has 0 amide bonds. The number of carbonyl (C=O) groups excluding carboxylic acids is 1. The van der Waals surface area contributed by atoms with Gasteiger partial charge >= 0.3 is 0 Å². The highest BCUT2D eigenvalue weighted by atomic mass is 16.5. The Morgan fingerprint density at radius 1 is 1.19 bits per heavy atom. The molecule has 1 spiro atoms. The Hall–Kier alpha value is -1.15. The maximum Gasteiger partial charge on any atom is 0.134 e. The quantitative estimate of drug-likeness (QED) is 0.776. The van der Waals surface area contributed by atoms with Crippen molar-refractivity contribution in [2.24, 2.45) is 5.41 Å². The lowest BCUT2D eigenvalue weighted by Crippen LogP contribution is -2.51. The lowest BCUT2D eigenvalue weighted by Gasteiger charge is -2.52. The van der Waals surface area contributed by atoms with Gasteiger partial charge in [-0.25, -0.2) is 0 Å². The topological polar surface area (TPSA) is 26.3 Å². The second-order valence-corrected chi connectivity index (χ2v) is 5.22. The minimum Gasteiger partial charge on any atom is -0.374 e. The molecule has 16 heavy (non-hydrogen) atoms. The van der Waals surface area contributed by atoms with Crippen molar-refractivity contribution >= 4 is 5.78 Å². The second-order valence-electron chi connectivity index (χ2n) is 5.22. The van der Waals surface area contributed by atoms with Crippen LogP contribution in [-0.4, -0.2) is 11.9 Å². The maximum atomic E-state index is 11.0. The fraction of sp³-hybridized carbons (Fsp3) is 0.500. The molecular formula is C14H16O2. The number of Topliss-reactive ketones (excluding diaryl/α,β-unsaturated/α-hetero) is 1. The van der Waals surface area contributed by atoms with E-state index in [2.05, 4.69) is 12.1 Å². The fourth-order valence-corrected chi connectivity index (χ4v) is 2.89. The number of ether oxygens (including phenoxy) is 1. The Morgan fingerprint density at radius 2 is 1.88 bits per heavy atom. The van der Waals surface area contributed by atoms with Crippen LogP contribution in [0.2, 0.25) is 0 Å². The van der Waals surface area contributed by atoms with Crippen LogP contribution in [0.25, 0.3) is 0 Å². The Labute approximate surface area is 95.6 Å². The van der Waals surface area contributed by atoms with Gasteiger partial charge in [-0.05, 0) is 23.8 Å². The van der Waals surface area contributed by atoms with Crippen molar-refractivity contribution in [2.75, 3.05) is 0 Å². The van der Waals surface area contributed by atoms with E-state index in [1.807, 2.05) is 18.2 Å². The SMILES string of the molecule is O=C1CC2(C1)CC(OCc1ccccc1)C2. The summed E-state index contributed by atoms with van der Waals surface area (Å²) in [5.41, 5.74) is 1.59. The van der Waals surface area contributed by atoms with Crippen LogP contribution in [0.3, 0.4) is 0 Å². The summed E-state index contributed by atoms with van der Waals surface area (Å²) in [6, 6.07) is 10.3. The number of rotatable bonds is 3. The third-order valence-electron chi connectivity index (χ3n) is 3.79. The van der Waals surface area contributed by atoms with Crippen LogP contribution in [-0.2, 0) is 16.1 Å². The Bertz CT molecular complexity index is 380. The molecule has 0 radical (unpaired) electrons. The van der Waals surface area contributed by atoms with E-state index in [1.165, 1.54) is 5.56 Å². The fourth-order valence-electron chi connectivity index (χ4n) is 2.89. The van der Waals surface area contributed by atoms with Crippen LogP contribution in [0.4, 0.5) is 0 Å². The molecule has 2 aliphatic rings. The van der Waals surface area contributed by atoms with E-state index < -0.39 is 0 Å². The average molecular weight is 216 g/mol. The van der Waals surface area contributed by atoms with E-state index in [9.17, 15) is 4.79 Å². The van der Waals surface area contributed by atoms with E-state index in [0.717, 1.165) is 25.7 Å². The van der Waals surface area contributed by atoms with E-state index in [-0.39, 0.29) is 0 Å². The molecule has 0 atom stereocenters. The lowest BCUT2D eigenvalue weighted by atomic mass is 9.54. The van der Waals surface area contributed by atoms with Gasteiger partial charge in [-0.1, -0.05) is 30.3 Å². The molecule has 0 unspecified atom stereocenters. The molecule has 1 aromatic carbocycles. The van der Waals surface area contributed by atoms with Crippen LogP contribution < -0.4 is 0 Å². The van der Waals surface area contributed by atoms with Crippen molar-refractivity contribution in [1.82, 2.24) is 0 Å². The van der Waals surface area contributed by atoms with Crippen LogP contribution in [0.5, 0.6) is 0 Å². The van der Waals surface area contributed by atoms with Crippen molar-refractivity contribution in [2.45, 2.75) is 38.4 Å². The summed E-state index contributed by atoms with van der Waals surface area (Å²) in [6.45, 7) is 0.704. The van der Waals surface area contributed by atoms with Crippen molar-refractivity contribution in [3.63, 3.8) is 0 Å². The number of hydrogen-bond donors (Lipinski definition) is 0. The van der Waals surface area contributed by atoms with Gasteiger partial charge < -0.3 is 4.74 Å². The minimum atomic E-state index is 0.360. The van der Waals surface area contributed by atoms with Gasteiger partial charge in [0.05, 0.1) is 12.7 Å². The molecule has 3 rings (SSSR count). The summed E-state index contributed by atoms with van der Waals surface area (Å²) >= 11 is 0. The molecular weight excluding hydrogens is 200 g/mol. The van der Waals surface area contributed by atoms with Gasteiger partial charge in [-0.3, -0.25) is 4.79 Å². The minimum absolute atomic E-state index is 0.360. The molecule has 0 saturated heterocycles. The molecule has 1 aromatic rings. The third kappa shape index (κ3) is 1.78. The van der Waals surface area contributed by atoms with Crippen molar-refractivity contribution in [3.8, 4) is 0 Å². The Kier molecular flexibility index (Phi) is 2.32. The molecule has 0 bridgehead atoms. The number of hydrogen-bond acceptors (Lipinski definition) is 2. The number of benzene rings is 1. The van der Waals surface area contributed by atoms with Crippen molar-refractivity contribution in [1.29, 1.82) is 0 Å². The average Bonchev–Trinajstić information content (AvgIpc) is 2.21. The molecule has 84 valence electrons. The number of ketones is 1. The van der Waals surface area contributed by atoms with Gasteiger partial charge in [0.1, 0.15) is 5.78 Å². The van der Waals surface area contributed by atoms with Gasteiger partial charge in [-0.2, -0.15) is 0 Å². The van der Waals surface area contributed by atoms with Crippen LogP contribution in [0, 0.1) is 5.41 Å². The normalized spacial score (nSPS) is 22.9. The molecule has 2 nitrogen and oxygen atoms in total. The third-order valence-corrected chi connectivity index (χ3v) is 3.79. The smallest absolute Gasteiger partial charge is 0.134 e. The van der Waals surface area contributed by atoms with E-state index in [4.69, 9.17) is 4.74 Å². The monoisotopic (exact) mass is 216 g/mol. The Balaban J connectivity index is 1.44. The second kappa shape index (κ2) is 3.70. The molecule has 2 saturated carbocycles. The molecule has 0 N–H and O–H groups in total. The summed E-state index contributed by atoms with van der Waals surface area (Å²) < 4.78 is 5.82. The largest absolute Gasteiger partial charge is 0.374 e. The first-order valence-corrected chi connectivity index (χ1v) is 5.93. The summed E-state index contributed by atoms with van der Waals surface area (Å²) in [5, 5.41) is 0. The van der Waals surface area contributed by atoms with E-state index >= 15 is 0 Å². The van der Waals surface area contributed by atoms with Crippen LogP contribution in [0.1, 0.15) is 31.2 Å². The summed E-state index contributed by atoms with van der Waals surface area (Å²) in [7, 11) is 0. The highest BCUT2D eigenvalue weighted by Crippen LogP contribution is 2.55. The molecule has 2 aliphatic carbocycles. The predicted octanol–water partition coefficient (Wildman–Crippen LogP) is 2.71. The molecule has 2 heteroatoms. The zero-order valence-electron chi connectivity index (χ0n) is 9.32. The van der Waals surface area contributed by atoms with Gasteiger partial charge in [-0.15, -0.1) is 0 Å². The zero-order valence-corrected chi connectivity index (χ0v) is 9.32. The van der Waals surface area contributed by atoms with Crippen molar-refractivity contribution < 1.29 is 9.53 Å². The molecule has 2 fully saturated rings. The first kappa shape index (κ1) is 10.0. The highest BCUT2D eigenvalue weighted by Gasteiger charge is 2.52. The highest BCUT2D eigenvalue weighted by molar-refractivity contribution is 5.86. The van der Waals surface area contributed by atoms with Crippen LogP contribution in [0.15, 0.2) is 30.3 Å². The standard InChI is InChI=1S/C14H16O2/c15-12-6-14(7-12)8-13(9-14)16-10-11-4-2-1-3-5-11/h1-5,13H,6-10H2. The van der Waals surface area contributed by atoms with Crippen LogP contribution >= 0.6 is 0 Å². The summed E-state index contributed by atoms with van der Waals surface area (Å²) in [6.07, 6.45) is 4.17. The van der Waals surface area contributed by atoms with Gasteiger partial charge in [0, 0.05) is 12.8 Å². The summed E-state index contributed by atoms with van der Waals surface area (Å²) in [4.78, 5) is 11.0. The van der Waals surface area contributed by atoms with Crippen molar-refractivity contribution in [3.05, 3.63) is 35.9 Å². The molecule has 0 aromatic heterocycles. The predicted molar refractivity (Wildman–Crippen MR) is 60.9 cm³/mol. The lowest BCUT2D eigenvalue weighted by molar-refractivity contribution is -0.156. The molecule has 0 heterocycles. The molecule has 0 aliphatic heterocycles. The maximum absolute atomic E-state index is 11.0. The zero-order chi connectivity index (χ0) is 11.0. The first-order valence-electron chi connectivity index (χ1n) is 5.93. The first-order chi connectivity index (χ1) is 7.76. The Morgan fingerprint density at radius 3 is 2.50 bits per heavy atom. The van der Waals surface area contributed by atoms with Gasteiger partial charge in [0.15, 0.2) is 0 Å². The van der Waals surface area contributed by atoms with Gasteiger partial charge in [0.25, 0.3) is 0 Å². The van der Waals surface area contributed by atoms with E-state index in [0.29, 0.717) is 23.9 Å². The number of carbonyl (C=O) groups is 1. The summed E-state index contributed by atoms with van der Waals surface area (Å²) in [5.74, 6) is 0.432.